The minimum absolute atomic E-state index is 0.103. The molecule has 2 rings (SSSR count). The highest BCUT2D eigenvalue weighted by atomic mass is 16.3. The van der Waals surface area contributed by atoms with Gasteiger partial charge < -0.3 is 5.11 Å². The zero-order valence-corrected chi connectivity index (χ0v) is 8.51. The third-order valence-electron chi connectivity index (χ3n) is 4.11. The van der Waals surface area contributed by atoms with E-state index in [-0.39, 0.29) is 18.0 Å². The molecule has 2 aliphatic carbocycles. The number of ketones is 2. The number of fused-ring (bicyclic) bond motifs is 1. The van der Waals surface area contributed by atoms with Gasteiger partial charge in [-0.2, -0.15) is 0 Å². The fourth-order valence-corrected chi connectivity index (χ4v) is 3.16. The fourth-order valence-electron chi connectivity index (χ4n) is 3.16. The van der Waals surface area contributed by atoms with Gasteiger partial charge in [-0.25, -0.2) is 0 Å². The molecule has 2 unspecified atom stereocenters. The Morgan fingerprint density at radius 2 is 2.00 bits per heavy atom. The molecule has 2 atom stereocenters. The van der Waals surface area contributed by atoms with Gasteiger partial charge in [0.2, 0.25) is 0 Å². The van der Waals surface area contributed by atoms with Gasteiger partial charge in [0.05, 0.1) is 11.0 Å². The van der Waals surface area contributed by atoms with E-state index in [1.165, 1.54) is 0 Å². The predicted octanol–water partition coefficient (Wildman–Crippen LogP) is 1.23. The van der Waals surface area contributed by atoms with Crippen LogP contribution in [-0.2, 0) is 9.59 Å². The fraction of sp³-hybridized carbons (Fsp3) is 0.818. The molecule has 0 bridgehead atoms. The lowest BCUT2D eigenvalue weighted by atomic mass is 9.63. The SMILES string of the molecule is CCC12CCC(=O)CC1(O)CCC2=O. The van der Waals surface area contributed by atoms with Crippen molar-refractivity contribution >= 4 is 11.6 Å². The Bertz CT molecular complexity index is 297. The summed E-state index contributed by atoms with van der Waals surface area (Å²) < 4.78 is 0. The van der Waals surface area contributed by atoms with Crippen molar-refractivity contribution in [2.75, 3.05) is 0 Å². The van der Waals surface area contributed by atoms with E-state index in [0.717, 1.165) is 0 Å². The van der Waals surface area contributed by atoms with Gasteiger partial charge in [-0.3, -0.25) is 9.59 Å². The lowest BCUT2D eigenvalue weighted by Gasteiger charge is -2.43. The Morgan fingerprint density at radius 1 is 1.29 bits per heavy atom. The Balaban J connectivity index is 2.40. The van der Waals surface area contributed by atoms with Crippen molar-refractivity contribution in [3.63, 3.8) is 0 Å². The summed E-state index contributed by atoms with van der Waals surface area (Å²) in [7, 11) is 0. The monoisotopic (exact) mass is 196 g/mol. The van der Waals surface area contributed by atoms with Gasteiger partial charge in [-0.1, -0.05) is 6.92 Å². The summed E-state index contributed by atoms with van der Waals surface area (Å²) >= 11 is 0. The van der Waals surface area contributed by atoms with Crippen LogP contribution in [-0.4, -0.2) is 22.3 Å². The third-order valence-corrected chi connectivity index (χ3v) is 4.11. The summed E-state index contributed by atoms with van der Waals surface area (Å²) in [4.78, 5) is 23.1. The van der Waals surface area contributed by atoms with Crippen LogP contribution in [0.25, 0.3) is 0 Å². The molecule has 3 nitrogen and oxygen atoms in total. The second-order valence-corrected chi connectivity index (χ2v) is 4.61. The van der Waals surface area contributed by atoms with Crippen LogP contribution < -0.4 is 0 Å². The zero-order valence-electron chi connectivity index (χ0n) is 8.51. The Hall–Kier alpha value is -0.700. The van der Waals surface area contributed by atoms with Crippen molar-refractivity contribution in [1.82, 2.24) is 0 Å². The second-order valence-electron chi connectivity index (χ2n) is 4.61. The molecule has 78 valence electrons. The van der Waals surface area contributed by atoms with Crippen molar-refractivity contribution in [2.45, 2.75) is 51.0 Å². The molecule has 0 aromatic rings. The van der Waals surface area contributed by atoms with E-state index in [4.69, 9.17) is 0 Å². The number of carbonyl (C=O) groups is 2. The number of rotatable bonds is 1. The van der Waals surface area contributed by atoms with Crippen LogP contribution in [0.15, 0.2) is 0 Å². The Morgan fingerprint density at radius 3 is 2.64 bits per heavy atom. The van der Waals surface area contributed by atoms with E-state index >= 15 is 0 Å². The Labute approximate surface area is 83.5 Å². The first-order valence-electron chi connectivity index (χ1n) is 5.31. The molecule has 0 aromatic carbocycles. The maximum Gasteiger partial charge on any atom is 0.142 e. The zero-order chi connectivity index (χ0) is 10.4. The van der Waals surface area contributed by atoms with Crippen LogP contribution in [0.5, 0.6) is 0 Å². The van der Waals surface area contributed by atoms with E-state index in [9.17, 15) is 14.7 Å². The number of carbonyl (C=O) groups excluding carboxylic acids is 2. The van der Waals surface area contributed by atoms with E-state index in [0.29, 0.717) is 32.1 Å². The standard InChI is InChI=1S/C11H16O3/c1-2-10-5-3-8(12)7-11(10,14)6-4-9(10)13/h14H,2-7H2,1H3. The number of aliphatic hydroxyl groups is 1. The van der Waals surface area contributed by atoms with Crippen LogP contribution in [0.1, 0.15) is 45.4 Å². The molecule has 0 aliphatic heterocycles. The van der Waals surface area contributed by atoms with Crippen molar-refractivity contribution < 1.29 is 14.7 Å². The van der Waals surface area contributed by atoms with E-state index in [2.05, 4.69) is 0 Å². The van der Waals surface area contributed by atoms with Crippen LogP contribution >= 0.6 is 0 Å². The molecule has 2 saturated carbocycles. The molecule has 0 amide bonds. The maximum absolute atomic E-state index is 11.8. The molecule has 2 aliphatic rings. The molecule has 2 fully saturated rings. The molecular weight excluding hydrogens is 180 g/mol. The maximum atomic E-state index is 11.8. The summed E-state index contributed by atoms with van der Waals surface area (Å²) in [5.74, 6) is 0.265. The van der Waals surface area contributed by atoms with Gasteiger partial charge in [-0.05, 0) is 19.3 Å². The van der Waals surface area contributed by atoms with Crippen molar-refractivity contribution in [3.05, 3.63) is 0 Å². The molecule has 0 aromatic heterocycles. The van der Waals surface area contributed by atoms with Gasteiger partial charge in [-0.15, -0.1) is 0 Å². The summed E-state index contributed by atoms with van der Waals surface area (Å²) in [6.07, 6.45) is 2.78. The summed E-state index contributed by atoms with van der Waals surface area (Å²) in [5.41, 5.74) is -1.62. The first kappa shape index (κ1) is 9.84. The van der Waals surface area contributed by atoms with E-state index in [1.54, 1.807) is 0 Å². The average molecular weight is 196 g/mol. The normalized spacial score (nSPS) is 42.7. The third kappa shape index (κ3) is 1.02. The number of hydrogen-bond donors (Lipinski definition) is 1. The van der Waals surface area contributed by atoms with Crippen LogP contribution in [0.4, 0.5) is 0 Å². The van der Waals surface area contributed by atoms with Crippen LogP contribution in [0, 0.1) is 5.41 Å². The first-order chi connectivity index (χ1) is 6.54. The van der Waals surface area contributed by atoms with Gasteiger partial charge in [0, 0.05) is 19.3 Å². The van der Waals surface area contributed by atoms with Gasteiger partial charge in [0.15, 0.2) is 0 Å². The quantitative estimate of drug-likeness (QED) is 0.686. The summed E-state index contributed by atoms with van der Waals surface area (Å²) in [6, 6.07) is 0. The summed E-state index contributed by atoms with van der Waals surface area (Å²) in [6.45, 7) is 1.93. The highest BCUT2D eigenvalue weighted by molar-refractivity contribution is 5.93. The van der Waals surface area contributed by atoms with Crippen molar-refractivity contribution in [3.8, 4) is 0 Å². The highest BCUT2D eigenvalue weighted by Gasteiger charge is 2.60. The molecular formula is C11H16O3. The lowest BCUT2D eigenvalue weighted by Crippen LogP contribution is -2.51. The van der Waals surface area contributed by atoms with E-state index < -0.39 is 11.0 Å². The smallest absolute Gasteiger partial charge is 0.142 e. The van der Waals surface area contributed by atoms with Gasteiger partial charge in [0.25, 0.3) is 0 Å². The van der Waals surface area contributed by atoms with Crippen molar-refractivity contribution in [1.29, 1.82) is 0 Å². The Kier molecular flexibility index (Phi) is 2.03. The predicted molar refractivity (Wildman–Crippen MR) is 50.8 cm³/mol. The van der Waals surface area contributed by atoms with Crippen LogP contribution in [0.2, 0.25) is 0 Å². The number of Topliss-reactive ketones (excluding diaryl/α,β-unsaturated/α-hetero) is 2. The van der Waals surface area contributed by atoms with Gasteiger partial charge >= 0.3 is 0 Å². The first-order valence-corrected chi connectivity index (χ1v) is 5.31. The second kappa shape index (κ2) is 2.89. The largest absolute Gasteiger partial charge is 0.388 e. The van der Waals surface area contributed by atoms with Gasteiger partial charge in [0.1, 0.15) is 11.6 Å². The molecule has 14 heavy (non-hydrogen) atoms. The molecule has 0 radical (unpaired) electrons. The topological polar surface area (TPSA) is 54.4 Å². The minimum Gasteiger partial charge on any atom is -0.388 e. The minimum atomic E-state index is -1.02. The molecule has 0 saturated heterocycles. The lowest BCUT2D eigenvalue weighted by molar-refractivity contribution is -0.151. The summed E-state index contributed by atoms with van der Waals surface area (Å²) in [5, 5.41) is 10.4. The highest BCUT2D eigenvalue weighted by Crippen LogP contribution is 2.53. The average Bonchev–Trinajstić information content (AvgIpc) is 2.39. The molecule has 0 spiro atoms. The molecule has 1 N–H and O–H groups in total. The molecule has 3 heteroatoms. The molecule has 0 heterocycles. The van der Waals surface area contributed by atoms with E-state index in [1.807, 2.05) is 6.92 Å². The van der Waals surface area contributed by atoms with Crippen LogP contribution in [0.3, 0.4) is 0 Å². The number of hydrogen-bond acceptors (Lipinski definition) is 3. The van der Waals surface area contributed by atoms with Crippen molar-refractivity contribution in [2.24, 2.45) is 5.41 Å².